The quantitative estimate of drug-likeness (QED) is 0.694. The van der Waals surface area contributed by atoms with Crippen LogP contribution in [-0.4, -0.2) is 12.5 Å². The predicted molar refractivity (Wildman–Crippen MR) is 68.3 cm³/mol. The fourth-order valence-corrected chi connectivity index (χ4v) is 2.49. The van der Waals surface area contributed by atoms with Crippen LogP contribution in [0.4, 0.5) is 4.39 Å². The van der Waals surface area contributed by atoms with E-state index in [1.54, 1.807) is 6.07 Å². The molecule has 0 N–H and O–H groups in total. The predicted octanol–water partition coefficient (Wildman–Crippen LogP) is 4.17. The largest absolute Gasteiger partial charge is 0.494 e. The smallest absolute Gasteiger partial charge is 0.168 e. The highest BCUT2D eigenvalue weighted by Gasteiger charge is 2.29. The van der Waals surface area contributed by atoms with Crippen LogP contribution in [-0.2, 0) is 6.42 Å². The molecule has 1 aliphatic rings. The standard InChI is InChI=1S/C14H18ClFO/c1-17-13-7-3-5-11(14(13)16)4-2-6-12(15)10-8-9-10/h3,5,7,10,12H,2,4,6,8-9H2,1H3. The van der Waals surface area contributed by atoms with Crippen molar-refractivity contribution in [3.63, 3.8) is 0 Å². The van der Waals surface area contributed by atoms with Gasteiger partial charge in [0.1, 0.15) is 0 Å². The lowest BCUT2D eigenvalue weighted by Crippen LogP contribution is -2.02. The second kappa shape index (κ2) is 5.72. The fourth-order valence-electron chi connectivity index (χ4n) is 2.09. The number of hydrogen-bond donors (Lipinski definition) is 0. The molecule has 1 aromatic rings. The molecule has 0 radical (unpaired) electrons. The third kappa shape index (κ3) is 3.35. The van der Waals surface area contributed by atoms with Crippen molar-refractivity contribution in [2.75, 3.05) is 7.11 Å². The number of rotatable bonds is 6. The van der Waals surface area contributed by atoms with Crippen molar-refractivity contribution in [1.29, 1.82) is 0 Å². The Hall–Kier alpha value is -0.760. The summed E-state index contributed by atoms with van der Waals surface area (Å²) in [6.07, 6.45) is 5.18. The Morgan fingerprint density at radius 3 is 2.88 bits per heavy atom. The first-order valence-corrected chi connectivity index (χ1v) is 6.61. The Morgan fingerprint density at radius 2 is 2.24 bits per heavy atom. The summed E-state index contributed by atoms with van der Waals surface area (Å²) in [6.45, 7) is 0. The first-order valence-electron chi connectivity index (χ1n) is 6.18. The molecule has 1 nitrogen and oxygen atoms in total. The zero-order chi connectivity index (χ0) is 12.3. The second-order valence-electron chi connectivity index (χ2n) is 4.68. The molecule has 3 heteroatoms. The van der Waals surface area contributed by atoms with Crippen LogP contribution < -0.4 is 4.74 Å². The number of aryl methyl sites for hydroxylation is 1. The molecular formula is C14H18ClFO. The van der Waals surface area contributed by atoms with Crippen molar-refractivity contribution < 1.29 is 9.13 Å². The van der Waals surface area contributed by atoms with Crippen molar-refractivity contribution in [3.05, 3.63) is 29.6 Å². The minimum atomic E-state index is -0.229. The van der Waals surface area contributed by atoms with Crippen molar-refractivity contribution in [1.82, 2.24) is 0 Å². The fraction of sp³-hybridized carbons (Fsp3) is 0.571. The van der Waals surface area contributed by atoms with Gasteiger partial charge in [-0.05, 0) is 49.7 Å². The molecule has 1 aliphatic carbocycles. The molecule has 0 spiro atoms. The average molecular weight is 257 g/mol. The maximum absolute atomic E-state index is 13.8. The lowest BCUT2D eigenvalue weighted by atomic mass is 10.0. The summed E-state index contributed by atoms with van der Waals surface area (Å²) in [5, 5.41) is 0.281. The average Bonchev–Trinajstić information content (AvgIpc) is 3.15. The lowest BCUT2D eigenvalue weighted by Gasteiger charge is -2.09. The van der Waals surface area contributed by atoms with Crippen molar-refractivity contribution >= 4 is 11.6 Å². The van der Waals surface area contributed by atoms with Crippen molar-refractivity contribution in [3.8, 4) is 5.75 Å². The molecule has 0 aromatic heterocycles. The molecule has 0 saturated heterocycles. The van der Waals surface area contributed by atoms with E-state index in [9.17, 15) is 4.39 Å². The van der Waals surface area contributed by atoms with Crippen LogP contribution >= 0.6 is 11.6 Å². The van der Waals surface area contributed by atoms with E-state index in [4.69, 9.17) is 16.3 Å². The lowest BCUT2D eigenvalue weighted by molar-refractivity contribution is 0.384. The molecule has 1 unspecified atom stereocenters. The molecule has 2 rings (SSSR count). The summed E-state index contributed by atoms with van der Waals surface area (Å²) in [7, 11) is 1.49. The first kappa shape index (κ1) is 12.7. The normalized spacial score (nSPS) is 16.9. The number of halogens is 2. The van der Waals surface area contributed by atoms with Crippen LogP contribution in [0.2, 0.25) is 0 Å². The van der Waals surface area contributed by atoms with E-state index in [1.807, 2.05) is 12.1 Å². The van der Waals surface area contributed by atoms with E-state index in [2.05, 4.69) is 0 Å². The molecule has 1 aromatic carbocycles. The van der Waals surface area contributed by atoms with Crippen LogP contribution in [0.25, 0.3) is 0 Å². The Labute approximate surface area is 107 Å². The van der Waals surface area contributed by atoms with E-state index in [-0.39, 0.29) is 11.2 Å². The van der Waals surface area contributed by atoms with Gasteiger partial charge in [0, 0.05) is 5.38 Å². The highest BCUT2D eigenvalue weighted by molar-refractivity contribution is 6.20. The molecule has 0 bridgehead atoms. The number of ether oxygens (including phenoxy) is 1. The van der Waals surface area contributed by atoms with E-state index in [1.165, 1.54) is 20.0 Å². The van der Waals surface area contributed by atoms with E-state index in [0.717, 1.165) is 24.8 Å². The molecule has 1 atom stereocenters. The molecule has 1 saturated carbocycles. The summed E-state index contributed by atoms with van der Waals surface area (Å²) in [5.74, 6) is 0.812. The summed E-state index contributed by atoms with van der Waals surface area (Å²) in [6, 6.07) is 5.29. The summed E-state index contributed by atoms with van der Waals surface area (Å²) >= 11 is 6.22. The van der Waals surface area contributed by atoms with Gasteiger partial charge in [0.15, 0.2) is 11.6 Å². The SMILES string of the molecule is COc1cccc(CCCC(Cl)C2CC2)c1F. The van der Waals surface area contributed by atoms with E-state index >= 15 is 0 Å². The summed E-state index contributed by atoms with van der Waals surface area (Å²) in [4.78, 5) is 0. The van der Waals surface area contributed by atoms with Gasteiger partial charge in [-0.3, -0.25) is 0 Å². The third-order valence-electron chi connectivity index (χ3n) is 3.32. The number of methoxy groups -OCH3 is 1. The minimum Gasteiger partial charge on any atom is -0.494 e. The zero-order valence-corrected chi connectivity index (χ0v) is 10.8. The third-order valence-corrected chi connectivity index (χ3v) is 3.90. The highest BCUT2D eigenvalue weighted by Crippen LogP contribution is 2.37. The van der Waals surface area contributed by atoms with Crippen LogP contribution in [0, 0.1) is 11.7 Å². The van der Waals surface area contributed by atoms with Crippen molar-refractivity contribution in [2.24, 2.45) is 5.92 Å². The Morgan fingerprint density at radius 1 is 1.47 bits per heavy atom. The van der Waals surface area contributed by atoms with Gasteiger partial charge < -0.3 is 4.74 Å². The van der Waals surface area contributed by atoms with E-state index < -0.39 is 0 Å². The van der Waals surface area contributed by atoms with Gasteiger partial charge in [0.2, 0.25) is 0 Å². The molecule has 0 amide bonds. The monoisotopic (exact) mass is 256 g/mol. The van der Waals surface area contributed by atoms with Crippen LogP contribution in [0.1, 0.15) is 31.2 Å². The van der Waals surface area contributed by atoms with Gasteiger partial charge in [0.25, 0.3) is 0 Å². The molecular weight excluding hydrogens is 239 g/mol. The summed E-state index contributed by atoms with van der Waals surface area (Å²) in [5.41, 5.74) is 0.726. The van der Waals surface area contributed by atoms with Gasteiger partial charge in [-0.2, -0.15) is 0 Å². The van der Waals surface area contributed by atoms with Crippen LogP contribution in [0.5, 0.6) is 5.75 Å². The maximum Gasteiger partial charge on any atom is 0.168 e. The first-order chi connectivity index (χ1) is 8.22. The maximum atomic E-state index is 13.8. The second-order valence-corrected chi connectivity index (χ2v) is 5.24. The highest BCUT2D eigenvalue weighted by atomic mass is 35.5. The zero-order valence-electron chi connectivity index (χ0n) is 10.1. The topological polar surface area (TPSA) is 9.23 Å². The number of benzene rings is 1. The Bertz CT molecular complexity index is 376. The molecule has 94 valence electrons. The Kier molecular flexibility index (Phi) is 4.27. The molecule has 0 aliphatic heterocycles. The van der Waals surface area contributed by atoms with Crippen molar-refractivity contribution in [2.45, 2.75) is 37.5 Å². The minimum absolute atomic E-state index is 0.229. The van der Waals surface area contributed by atoms with Crippen LogP contribution in [0.3, 0.4) is 0 Å². The van der Waals surface area contributed by atoms with Crippen LogP contribution in [0.15, 0.2) is 18.2 Å². The molecule has 17 heavy (non-hydrogen) atoms. The molecule has 0 heterocycles. The van der Waals surface area contributed by atoms with Gasteiger partial charge in [-0.1, -0.05) is 12.1 Å². The molecule has 1 fully saturated rings. The van der Waals surface area contributed by atoms with Gasteiger partial charge in [0.05, 0.1) is 7.11 Å². The Balaban J connectivity index is 1.85. The summed E-state index contributed by atoms with van der Waals surface area (Å²) < 4.78 is 18.8. The number of hydrogen-bond acceptors (Lipinski definition) is 1. The van der Waals surface area contributed by atoms with Gasteiger partial charge in [-0.25, -0.2) is 4.39 Å². The van der Waals surface area contributed by atoms with Gasteiger partial charge in [-0.15, -0.1) is 11.6 Å². The number of alkyl halides is 1. The van der Waals surface area contributed by atoms with Gasteiger partial charge >= 0.3 is 0 Å². The van der Waals surface area contributed by atoms with E-state index in [0.29, 0.717) is 11.7 Å².